The number of halogens is 3. The Bertz CT molecular complexity index is 790. The molecule has 2 aromatic carbocycles. The molecule has 0 bridgehead atoms. The summed E-state index contributed by atoms with van der Waals surface area (Å²) >= 11 is 9.18. The molecule has 7 heteroatoms. The van der Waals surface area contributed by atoms with Crippen LogP contribution < -0.4 is 15.0 Å². The van der Waals surface area contributed by atoms with Crippen LogP contribution in [0.2, 0.25) is 5.02 Å². The average molecular weight is 442 g/mol. The van der Waals surface area contributed by atoms with Crippen LogP contribution in [-0.2, 0) is 4.79 Å². The number of benzene rings is 2. The van der Waals surface area contributed by atoms with Crippen molar-refractivity contribution in [1.29, 1.82) is 0 Å². The highest BCUT2D eigenvalue weighted by molar-refractivity contribution is 9.10. The van der Waals surface area contributed by atoms with Gasteiger partial charge in [-0.3, -0.25) is 4.79 Å². The fourth-order valence-electron chi connectivity index (χ4n) is 2.93. The highest BCUT2D eigenvalue weighted by Crippen LogP contribution is 2.26. The fraction of sp³-hybridized carbons (Fsp3) is 0.316. The first-order valence-corrected chi connectivity index (χ1v) is 9.53. The second-order valence-corrected chi connectivity index (χ2v) is 7.57. The van der Waals surface area contributed by atoms with Crippen LogP contribution in [0.15, 0.2) is 46.9 Å². The van der Waals surface area contributed by atoms with Crippen LogP contribution in [0.5, 0.6) is 5.75 Å². The van der Waals surface area contributed by atoms with Gasteiger partial charge in [0.1, 0.15) is 11.6 Å². The number of hydrogen-bond acceptors (Lipinski definition) is 3. The summed E-state index contributed by atoms with van der Waals surface area (Å²) in [6, 6.07) is 12.2. The fourth-order valence-corrected chi connectivity index (χ4v) is 3.49. The van der Waals surface area contributed by atoms with Gasteiger partial charge in [-0.2, -0.15) is 0 Å². The van der Waals surface area contributed by atoms with E-state index >= 15 is 0 Å². The van der Waals surface area contributed by atoms with E-state index in [4.69, 9.17) is 16.3 Å². The van der Waals surface area contributed by atoms with Gasteiger partial charge in [0.2, 0.25) is 0 Å². The molecule has 138 valence electrons. The molecule has 1 saturated heterocycles. The lowest BCUT2D eigenvalue weighted by atomic mass is 10.1. The van der Waals surface area contributed by atoms with Crippen LogP contribution in [0.1, 0.15) is 6.42 Å². The predicted molar refractivity (Wildman–Crippen MR) is 104 cm³/mol. The molecule has 3 rings (SSSR count). The lowest BCUT2D eigenvalue weighted by Crippen LogP contribution is -2.34. The van der Waals surface area contributed by atoms with Gasteiger partial charge in [0.15, 0.2) is 6.61 Å². The molecule has 1 aliphatic heterocycles. The van der Waals surface area contributed by atoms with Gasteiger partial charge in [-0.1, -0.05) is 33.6 Å². The smallest absolute Gasteiger partial charge is 0.257 e. The minimum absolute atomic E-state index is 0.0264. The Balaban J connectivity index is 1.41. The Morgan fingerprint density at radius 2 is 2.19 bits per heavy atom. The van der Waals surface area contributed by atoms with Gasteiger partial charge < -0.3 is 15.0 Å². The van der Waals surface area contributed by atoms with Crippen molar-refractivity contribution in [1.82, 2.24) is 5.32 Å². The largest absolute Gasteiger partial charge is 0.484 e. The molecular weight excluding hydrogens is 423 g/mol. The van der Waals surface area contributed by atoms with Crippen LogP contribution >= 0.6 is 27.5 Å². The second kappa shape index (κ2) is 8.73. The maximum absolute atomic E-state index is 13.1. The minimum Gasteiger partial charge on any atom is -0.484 e. The summed E-state index contributed by atoms with van der Waals surface area (Å²) in [4.78, 5) is 14.3. The van der Waals surface area contributed by atoms with Crippen molar-refractivity contribution in [2.45, 2.75) is 6.42 Å². The highest BCUT2D eigenvalue weighted by atomic mass is 79.9. The molecule has 0 saturated carbocycles. The highest BCUT2D eigenvalue weighted by Gasteiger charge is 2.23. The Hall–Kier alpha value is -1.79. The Kier molecular flexibility index (Phi) is 6.38. The summed E-state index contributed by atoms with van der Waals surface area (Å²) in [5.74, 6) is 0.0532. The SMILES string of the molecule is O=C(COc1ccc(F)c(Cl)c1)NCC1CCN(c2cccc(Br)c2)C1. The Morgan fingerprint density at radius 1 is 1.35 bits per heavy atom. The third-order valence-corrected chi connectivity index (χ3v) is 5.09. The first-order valence-electron chi connectivity index (χ1n) is 8.36. The first-order chi connectivity index (χ1) is 12.5. The van der Waals surface area contributed by atoms with Gasteiger partial charge in [-0.25, -0.2) is 4.39 Å². The number of carbonyl (C=O) groups excluding carboxylic acids is 1. The number of nitrogens with zero attached hydrogens (tertiary/aromatic N) is 1. The van der Waals surface area contributed by atoms with Crippen LogP contribution in [0, 0.1) is 11.7 Å². The number of rotatable bonds is 6. The zero-order valence-corrected chi connectivity index (χ0v) is 16.4. The molecule has 1 heterocycles. The van der Waals surface area contributed by atoms with Gasteiger partial charge in [0, 0.05) is 35.9 Å². The van der Waals surface area contributed by atoms with Crippen molar-refractivity contribution < 1.29 is 13.9 Å². The van der Waals surface area contributed by atoms with E-state index in [-0.39, 0.29) is 17.5 Å². The summed E-state index contributed by atoms with van der Waals surface area (Å²) < 4.78 is 19.5. The number of anilines is 1. The average Bonchev–Trinajstić information content (AvgIpc) is 3.10. The van der Waals surface area contributed by atoms with E-state index in [0.717, 1.165) is 24.0 Å². The van der Waals surface area contributed by atoms with Gasteiger partial charge in [0.25, 0.3) is 5.91 Å². The Labute approximate surface area is 165 Å². The van der Waals surface area contributed by atoms with E-state index in [1.165, 1.54) is 23.9 Å². The lowest BCUT2D eigenvalue weighted by molar-refractivity contribution is -0.123. The molecule has 1 N–H and O–H groups in total. The van der Waals surface area contributed by atoms with Crippen LogP contribution in [-0.4, -0.2) is 32.1 Å². The first kappa shape index (κ1) is 19.0. The number of nitrogens with one attached hydrogen (secondary N) is 1. The van der Waals surface area contributed by atoms with Crippen LogP contribution in [0.4, 0.5) is 10.1 Å². The quantitative estimate of drug-likeness (QED) is 0.728. The van der Waals surface area contributed by atoms with E-state index in [0.29, 0.717) is 18.2 Å². The van der Waals surface area contributed by atoms with Gasteiger partial charge in [0.05, 0.1) is 5.02 Å². The van der Waals surface area contributed by atoms with Crippen LogP contribution in [0.3, 0.4) is 0 Å². The summed E-state index contributed by atoms with van der Waals surface area (Å²) in [5, 5.41) is 2.87. The second-order valence-electron chi connectivity index (χ2n) is 6.25. The third-order valence-electron chi connectivity index (χ3n) is 4.31. The normalized spacial score (nSPS) is 16.6. The molecule has 0 radical (unpaired) electrons. The summed E-state index contributed by atoms with van der Waals surface area (Å²) in [5.41, 5.74) is 1.18. The van der Waals surface area contributed by atoms with Crippen molar-refractivity contribution in [2.24, 2.45) is 5.92 Å². The molecule has 26 heavy (non-hydrogen) atoms. The van der Waals surface area contributed by atoms with Crippen molar-refractivity contribution in [3.8, 4) is 5.75 Å². The van der Waals surface area contributed by atoms with Gasteiger partial charge in [-0.15, -0.1) is 0 Å². The lowest BCUT2D eigenvalue weighted by Gasteiger charge is -2.19. The van der Waals surface area contributed by atoms with Crippen molar-refractivity contribution in [3.63, 3.8) is 0 Å². The summed E-state index contributed by atoms with van der Waals surface area (Å²) in [6.45, 7) is 2.37. The van der Waals surface area contributed by atoms with E-state index in [9.17, 15) is 9.18 Å². The molecular formula is C19H19BrClFN2O2. The topological polar surface area (TPSA) is 41.6 Å². The molecule has 1 fully saturated rings. The molecule has 1 atom stereocenters. The van der Waals surface area contributed by atoms with E-state index in [1.807, 2.05) is 12.1 Å². The van der Waals surface area contributed by atoms with E-state index < -0.39 is 5.82 Å². The van der Waals surface area contributed by atoms with Gasteiger partial charge in [-0.05, 0) is 42.7 Å². The molecule has 0 spiro atoms. The number of amides is 1. The zero-order valence-electron chi connectivity index (χ0n) is 14.1. The Morgan fingerprint density at radius 3 is 2.96 bits per heavy atom. The minimum atomic E-state index is -0.514. The standard InChI is InChI=1S/C19H19BrClFN2O2/c20-14-2-1-3-15(8-14)24-7-6-13(11-24)10-23-19(25)12-26-16-4-5-18(22)17(21)9-16/h1-5,8-9,13H,6-7,10-12H2,(H,23,25). The molecule has 0 aliphatic carbocycles. The molecule has 1 unspecified atom stereocenters. The van der Waals surface area contributed by atoms with E-state index in [1.54, 1.807) is 0 Å². The summed E-state index contributed by atoms with van der Waals surface area (Å²) in [6.07, 6.45) is 1.03. The maximum atomic E-state index is 13.1. The van der Waals surface area contributed by atoms with Crippen molar-refractivity contribution in [3.05, 3.63) is 57.8 Å². The van der Waals surface area contributed by atoms with Crippen molar-refractivity contribution >= 4 is 39.1 Å². The summed E-state index contributed by atoms with van der Waals surface area (Å²) in [7, 11) is 0. The van der Waals surface area contributed by atoms with Crippen molar-refractivity contribution in [2.75, 3.05) is 31.1 Å². The molecule has 0 aromatic heterocycles. The molecule has 2 aromatic rings. The predicted octanol–water partition coefficient (Wildman–Crippen LogP) is 4.26. The number of carbonyl (C=O) groups is 1. The monoisotopic (exact) mass is 440 g/mol. The number of hydrogen-bond donors (Lipinski definition) is 1. The third kappa shape index (κ3) is 5.11. The molecule has 4 nitrogen and oxygen atoms in total. The zero-order chi connectivity index (χ0) is 18.5. The van der Waals surface area contributed by atoms with Crippen LogP contribution in [0.25, 0.3) is 0 Å². The molecule has 1 amide bonds. The number of ether oxygens (including phenoxy) is 1. The van der Waals surface area contributed by atoms with E-state index in [2.05, 4.69) is 38.3 Å². The molecule has 1 aliphatic rings. The van der Waals surface area contributed by atoms with Gasteiger partial charge >= 0.3 is 0 Å². The maximum Gasteiger partial charge on any atom is 0.257 e.